The van der Waals surface area contributed by atoms with Gasteiger partial charge in [0.05, 0.1) is 11.6 Å². The molecule has 1 atom stereocenters. The number of aromatic nitrogens is 2. The number of nitrogens with zero attached hydrogens (tertiary/aromatic N) is 2. The number of rotatable bonds is 8. The van der Waals surface area contributed by atoms with Gasteiger partial charge in [-0.1, -0.05) is 36.8 Å². The maximum Gasteiger partial charge on any atom is 0.226 e. The lowest BCUT2D eigenvalue weighted by Gasteiger charge is -2.27. The fourth-order valence-corrected chi connectivity index (χ4v) is 3.57. The van der Waals surface area contributed by atoms with Gasteiger partial charge >= 0.3 is 0 Å². The number of nitrogens with one attached hydrogen (secondary N) is 2. The molecule has 1 unspecified atom stereocenters. The Morgan fingerprint density at radius 3 is 2.85 bits per heavy atom. The van der Waals surface area contributed by atoms with Gasteiger partial charge in [-0.2, -0.15) is 5.10 Å². The van der Waals surface area contributed by atoms with E-state index in [9.17, 15) is 4.79 Å². The predicted octanol–water partition coefficient (Wildman–Crippen LogP) is 3.25. The molecule has 2 aromatic rings. The maximum atomic E-state index is 12.4. The summed E-state index contributed by atoms with van der Waals surface area (Å²) in [6, 6.07) is 12.4. The van der Waals surface area contributed by atoms with E-state index in [1.165, 1.54) is 5.69 Å². The summed E-state index contributed by atoms with van der Waals surface area (Å²) in [5, 5.41) is 10.9. The van der Waals surface area contributed by atoms with Crippen molar-refractivity contribution in [3.63, 3.8) is 0 Å². The number of aromatic amines is 1. The summed E-state index contributed by atoms with van der Waals surface area (Å²) in [6.45, 7) is 2.74. The van der Waals surface area contributed by atoms with Crippen molar-refractivity contribution < 1.29 is 4.79 Å². The summed E-state index contributed by atoms with van der Waals surface area (Å²) in [4.78, 5) is 14.3. The van der Waals surface area contributed by atoms with E-state index in [4.69, 9.17) is 0 Å². The third-order valence-corrected chi connectivity index (χ3v) is 5.16. The van der Waals surface area contributed by atoms with Gasteiger partial charge in [0.2, 0.25) is 5.91 Å². The van der Waals surface area contributed by atoms with Gasteiger partial charge in [0.25, 0.3) is 0 Å². The number of H-pyrrole nitrogens is 1. The van der Waals surface area contributed by atoms with Crippen molar-refractivity contribution >= 4 is 5.91 Å². The summed E-state index contributed by atoms with van der Waals surface area (Å²) in [7, 11) is 1.94. The van der Waals surface area contributed by atoms with Gasteiger partial charge in [0, 0.05) is 31.4 Å². The molecule has 1 aliphatic heterocycles. The Balaban J connectivity index is 1.34. The lowest BCUT2D eigenvalue weighted by atomic mass is 9.98. The normalized spacial score (nSPS) is 17.2. The molecule has 1 aliphatic rings. The highest BCUT2D eigenvalue weighted by molar-refractivity contribution is 5.78. The van der Waals surface area contributed by atoms with Crippen molar-refractivity contribution in [2.45, 2.75) is 38.5 Å². The van der Waals surface area contributed by atoms with Crippen LogP contribution in [0.1, 0.15) is 37.8 Å². The van der Waals surface area contributed by atoms with Gasteiger partial charge in [-0.05, 0) is 44.7 Å². The fourth-order valence-electron chi connectivity index (χ4n) is 3.57. The molecule has 0 aliphatic carbocycles. The molecule has 0 saturated carbocycles. The molecule has 140 valence electrons. The molecule has 2 N–H and O–H groups in total. The zero-order valence-electron chi connectivity index (χ0n) is 15.7. The molecule has 5 nitrogen and oxygen atoms in total. The number of unbranched alkanes of at least 4 members (excludes halogenated alkanes) is 2. The standard InChI is InChI=1S/C21H30N4O/c1-25(21(26)18-11-8-13-22-16-18)14-7-3-6-12-19-15-20(24-23-19)17-9-4-2-5-10-17/h2,4-5,9-10,15,18,22H,3,6-8,11-14,16H2,1H3,(H,23,24). The van der Waals surface area contributed by atoms with Crippen LogP contribution in [-0.4, -0.2) is 47.7 Å². The fraction of sp³-hybridized carbons (Fsp3) is 0.524. The van der Waals surface area contributed by atoms with Crippen LogP contribution in [0, 0.1) is 5.92 Å². The van der Waals surface area contributed by atoms with E-state index >= 15 is 0 Å². The molecule has 1 saturated heterocycles. The second kappa shape index (κ2) is 9.53. The van der Waals surface area contributed by atoms with E-state index < -0.39 is 0 Å². The number of piperidine rings is 1. The van der Waals surface area contributed by atoms with Gasteiger partial charge < -0.3 is 10.2 Å². The second-order valence-electron chi connectivity index (χ2n) is 7.26. The first-order valence-corrected chi connectivity index (χ1v) is 9.79. The Morgan fingerprint density at radius 1 is 1.23 bits per heavy atom. The van der Waals surface area contributed by atoms with Crippen molar-refractivity contribution in [3.05, 3.63) is 42.1 Å². The van der Waals surface area contributed by atoms with Crippen LogP contribution in [0.3, 0.4) is 0 Å². The zero-order valence-corrected chi connectivity index (χ0v) is 15.7. The molecular weight excluding hydrogens is 324 g/mol. The highest BCUT2D eigenvalue weighted by Crippen LogP contribution is 2.18. The van der Waals surface area contributed by atoms with Crippen LogP contribution in [0.4, 0.5) is 0 Å². The lowest BCUT2D eigenvalue weighted by molar-refractivity contribution is -0.134. The quantitative estimate of drug-likeness (QED) is 0.716. The first-order valence-electron chi connectivity index (χ1n) is 9.79. The monoisotopic (exact) mass is 354 g/mol. The van der Waals surface area contributed by atoms with Crippen molar-refractivity contribution in [2.75, 3.05) is 26.7 Å². The molecule has 0 spiro atoms. The number of benzene rings is 1. The largest absolute Gasteiger partial charge is 0.345 e. The van der Waals surface area contributed by atoms with Crippen molar-refractivity contribution in [2.24, 2.45) is 5.92 Å². The van der Waals surface area contributed by atoms with E-state index in [0.717, 1.165) is 69.4 Å². The smallest absolute Gasteiger partial charge is 0.226 e. The first kappa shape index (κ1) is 18.6. The van der Waals surface area contributed by atoms with Crippen LogP contribution in [0.2, 0.25) is 0 Å². The van der Waals surface area contributed by atoms with Crippen molar-refractivity contribution in [1.29, 1.82) is 0 Å². The lowest BCUT2D eigenvalue weighted by Crippen LogP contribution is -2.41. The number of aryl methyl sites for hydroxylation is 1. The molecule has 2 heterocycles. The van der Waals surface area contributed by atoms with Gasteiger partial charge in [-0.25, -0.2) is 0 Å². The van der Waals surface area contributed by atoms with E-state index in [-0.39, 0.29) is 5.92 Å². The van der Waals surface area contributed by atoms with Gasteiger partial charge in [-0.3, -0.25) is 9.89 Å². The second-order valence-corrected chi connectivity index (χ2v) is 7.26. The van der Waals surface area contributed by atoms with Crippen LogP contribution in [0.15, 0.2) is 36.4 Å². The third kappa shape index (κ3) is 5.18. The number of carbonyl (C=O) groups excluding carboxylic acids is 1. The minimum absolute atomic E-state index is 0.176. The van der Waals surface area contributed by atoms with Crippen molar-refractivity contribution in [3.8, 4) is 11.3 Å². The molecule has 1 aromatic heterocycles. The highest BCUT2D eigenvalue weighted by atomic mass is 16.2. The Morgan fingerprint density at radius 2 is 2.08 bits per heavy atom. The van der Waals surface area contributed by atoms with Crippen LogP contribution < -0.4 is 5.32 Å². The van der Waals surface area contributed by atoms with Gasteiger partial charge in [-0.15, -0.1) is 0 Å². The average molecular weight is 354 g/mol. The molecule has 1 amide bonds. The van der Waals surface area contributed by atoms with Crippen LogP contribution >= 0.6 is 0 Å². The molecule has 5 heteroatoms. The molecular formula is C21H30N4O. The average Bonchev–Trinajstić information content (AvgIpc) is 3.17. The molecule has 3 rings (SSSR count). The Bertz CT molecular complexity index is 676. The van der Waals surface area contributed by atoms with E-state index in [1.807, 2.05) is 30.1 Å². The molecule has 1 aromatic carbocycles. The minimum atomic E-state index is 0.176. The van der Waals surface area contributed by atoms with E-state index in [0.29, 0.717) is 5.91 Å². The van der Waals surface area contributed by atoms with Crippen LogP contribution in [0.25, 0.3) is 11.3 Å². The molecule has 26 heavy (non-hydrogen) atoms. The van der Waals surface area contributed by atoms with Crippen LogP contribution in [-0.2, 0) is 11.2 Å². The number of amides is 1. The Kier molecular flexibility index (Phi) is 6.83. The molecule has 0 bridgehead atoms. The molecule has 1 fully saturated rings. The number of carbonyl (C=O) groups is 1. The molecule has 0 radical (unpaired) electrons. The summed E-state index contributed by atoms with van der Waals surface area (Å²) >= 11 is 0. The van der Waals surface area contributed by atoms with Gasteiger partial charge in [0.15, 0.2) is 0 Å². The topological polar surface area (TPSA) is 61.0 Å². The number of hydrogen-bond donors (Lipinski definition) is 2. The Hall–Kier alpha value is -2.14. The third-order valence-electron chi connectivity index (χ3n) is 5.16. The summed E-state index contributed by atoms with van der Waals surface area (Å²) in [6.07, 6.45) is 6.44. The highest BCUT2D eigenvalue weighted by Gasteiger charge is 2.23. The summed E-state index contributed by atoms with van der Waals surface area (Å²) in [5.41, 5.74) is 3.33. The van der Waals surface area contributed by atoms with Crippen LogP contribution in [0.5, 0.6) is 0 Å². The zero-order chi connectivity index (χ0) is 18.2. The van der Waals surface area contributed by atoms with E-state index in [2.05, 4.69) is 33.7 Å². The summed E-state index contributed by atoms with van der Waals surface area (Å²) < 4.78 is 0. The van der Waals surface area contributed by atoms with Gasteiger partial charge in [0.1, 0.15) is 0 Å². The summed E-state index contributed by atoms with van der Waals surface area (Å²) in [5.74, 6) is 0.480. The number of hydrogen-bond acceptors (Lipinski definition) is 3. The Labute approximate surface area is 156 Å². The predicted molar refractivity (Wildman–Crippen MR) is 105 cm³/mol. The van der Waals surface area contributed by atoms with Crippen molar-refractivity contribution in [1.82, 2.24) is 20.4 Å². The first-order chi connectivity index (χ1) is 12.7. The maximum absolute atomic E-state index is 12.4. The SMILES string of the molecule is CN(CCCCCc1cc(-c2ccccc2)n[nH]1)C(=O)C1CCCNC1. The minimum Gasteiger partial charge on any atom is -0.345 e. The van der Waals surface area contributed by atoms with E-state index in [1.54, 1.807) is 0 Å².